The van der Waals surface area contributed by atoms with E-state index in [0.29, 0.717) is 12.0 Å². The van der Waals surface area contributed by atoms with Crippen molar-refractivity contribution in [3.05, 3.63) is 95.3 Å². The molecule has 0 spiro atoms. The Hall–Kier alpha value is -6.83. The summed E-state index contributed by atoms with van der Waals surface area (Å²) in [5.74, 6) is -8.29. The number of piperidine rings is 1. The van der Waals surface area contributed by atoms with Crippen LogP contribution in [0.1, 0.15) is 86.1 Å². The lowest BCUT2D eigenvalue weighted by atomic mass is 9.90. The molecule has 368 valence electrons. The minimum absolute atomic E-state index is 0.00215. The van der Waals surface area contributed by atoms with Gasteiger partial charge in [-0.3, -0.25) is 38.4 Å². The predicted molar refractivity (Wildman–Crippen MR) is 251 cm³/mol. The van der Waals surface area contributed by atoms with Crippen LogP contribution in [0.25, 0.3) is 0 Å². The van der Waals surface area contributed by atoms with Crippen molar-refractivity contribution in [2.75, 3.05) is 31.6 Å². The number of hydrogen-bond acceptors (Lipinski definition) is 13. The Labute approximate surface area is 404 Å². The highest BCUT2D eigenvalue weighted by atomic mass is 32.2. The number of pyridine rings is 1. The summed E-state index contributed by atoms with van der Waals surface area (Å²) in [6, 6.07) is 10.6. The van der Waals surface area contributed by atoms with E-state index in [1.165, 1.54) is 77.8 Å². The fourth-order valence-corrected chi connectivity index (χ4v) is 9.81. The number of nitrogens with zero attached hydrogens (tertiary/aromatic N) is 4. The quantitative estimate of drug-likeness (QED) is 0.137. The number of cyclic esters (lactones) is 1. The van der Waals surface area contributed by atoms with E-state index in [1.54, 1.807) is 25.1 Å². The van der Waals surface area contributed by atoms with Crippen molar-refractivity contribution in [1.82, 2.24) is 35.6 Å². The number of likely N-dealkylation sites (N-methyl/N-ethyl adjacent to an activating group) is 1. The highest BCUT2D eigenvalue weighted by Crippen LogP contribution is 2.30. The third-order valence-corrected chi connectivity index (χ3v) is 14.2. The number of carbonyl (C=O) groups is 9. The van der Waals surface area contributed by atoms with Crippen molar-refractivity contribution in [1.29, 1.82) is 0 Å². The first kappa shape index (κ1) is 51.6. The van der Waals surface area contributed by atoms with Gasteiger partial charge in [0.15, 0.2) is 11.7 Å². The topological polar surface area (TPSA) is 262 Å². The van der Waals surface area contributed by atoms with Crippen molar-refractivity contribution in [3.63, 3.8) is 0 Å². The molecule has 8 atom stereocenters. The van der Waals surface area contributed by atoms with E-state index in [4.69, 9.17) is 4.74 Å². The summed E-state index contributed by atoms with van der Waals surface area (Å²) in [5.41, 5.74) is -0.318. The van der Waals surface area contributed by atoms with Crippen LogP contribution in [-0.2, 0) is 49.5 Å². The highest BCUT2D eigenvalue weighted by Gasteiger charge is 2.49. The molecule has 20 heteroatoms. The number of ether oxygens (including phenoxy) is 1. The molecular formula is C49H59N7O12S. The van der Waals surface area contributed by atoms with Crippen LogP contribution in [0.3, 0.4) is 0 Å². The Morgan fingerprint density at radius 1 is 0.942 bits per heavy atom. The van der Waals surface area contributed by atoms with Gasteiger partial charge in [0.1, 0.15) is 47.3 Å². The monoisotopic (exact) mass is 969 g/mol. The van der Waals surface area contributed by atoms with Gasteiger partial charge < -0.3 is 45.6 Å². The predicted octanol–water partition coefficient (Wildman–Crippen LogP) is 2.34. The molecule has 19 nitrogen and oxygen atoms in total. The van der Waals surface area contributed by atoms with Gasteiger partial charge in [0.05, 0.1) is 6.42 Å². The molecule has 2 aromatic carbocycles. The summed E-state index contributed by atoms with van der Waals surface area (Å²) in [6.45, 7) is 6.18. The number of fused-ring (bicyclic) bond motifs is 2. The maximum absolute atomic E-state index is 15.4. The number of aromatic nitrogens is 1. The van der Waals surface area contributed by atoms with E-state index in [-0.39, 0.29) is 61.6 Å². The second-order valence-electron chi connectivity index (χ2n) is 17.9. The molecular weight excluding hydrogens is 911 g/mol. The molecule has 3 saturated heterocycles. The summed E-state index contributed by atoms with van der Waals surface area (Å²) < 4.78 is 5.92. The summed E-state index contributed by atoms with van der Waals surface area (Å²) in [6.07, 6.45) is -0.338. The van der Waals surface area contributed by atoms with Gasteiger partial charge in [-0.25, -0.2) is 9.78 Å². The Morgan fingerprint density at radius 3 is 2.32 bits per heavy atom. The molecule has 5 N–H and O–H groups in total. The van der Waals surface area contributed by atoms with Crippen molar-refractivity contribution in [3.8, 4) is 5.75 Å². The van der Waals surface area contributed by atoms with Gasteiger partial charge in [-0.15, -0.1) is 0 Å². The SMILES string of the molecule is CCC1(C)NC(=O)[C@@H](NC(=O)c2ncccc2O)[C@@H](C)OC(=O)[C@H](c2ccccc2)NC(=O)[C@@H]2CC(=O)C(CSCCC(=O)O)CN2C(=O)[C@H](Cc2ccc(C)cc2)N(C)C(=O)[C@@H]2CCCN2C1=O. The smallest absolute Gasteiger partial charge is 0.333 e. The molecule has 3 fully saturated rings. The van der Waals surface area contributed by atoms with Gasteiger partial charge in [-0.05, 0) is 63.3 Å². The van der Waals surface area contributed by atoms with Crippen LogP contribution in [0, 0.1) is 12.8 Å². The Morgan fingerprint density at radius 2 is 1.65 bits per heavy atom. The average Bonchev–Trinajstić information content (AvgIpc) is 3.82. The largest absolute Gasteiger partial charge is 0.505 e. The molecule has 6 rings (SSSR count). The molecule has 1 aromatic heterocycles. The number of carboxylic acid groups (broad SMARTS) is 1. The summed E-state index contributed by atoms with van der Waals surface area (Å²) in [5, 5.41) is 27.6. The molecule has 0 saturated carbocycles. The normalized spacial score (nSPS) is 26.4. The van der Waals surface area contributed by atoms with Gasteiger partial charge in [0, 0.05) is 56.6 Å². The van der Waals surface area contributed by atoms with E-state index in [0.717, 1.165) is 5.56 Å². The number of aliphatic carboxylic acids is 1. The van der Waals surface area contributed by atoms with Gasteiger partial charge in [0.2, 0.25) is 29.5 Å². The van der Waals surface area contributed by atoms with Crippen LogP contribution in [0.2, 0.25) is 0 Å². The first-order valence-corrected chi connectivity index (χ1v) is 24.1. The van der Waals surface area contributed by atoms with E-state index in [1.807, 2.05) is 31.2 Å². The van der Waals surface area contributed by atoms with Crippen LogP contribution in [0.15, 0.2) is 72.9 Å². The maximum atomic E-state index is 15.4. The van der Waals surface area contributed by atoms with E-state index < -0.39 is 113 Å². The molecule has 69 heavy (non-hydrogen) atoms. The average molecular weight is 970 g/mol. The maximum Gasteiger partial charge on any atom is 0.333 e. The summed E-state index contributed by atoms with van der Waals surface area (Å²) >= 11 is 1.22. The number of nitrogens with one attached hydrogen (secondary N) is 3. The fourth-order valence-electron chi connectivity index (χ4n) is 8.75. The number of aromatic hydroxyl groups is 1. The number of carboxylic acids is 1. The molecule has 0 radical (unpaired) electrons. The zero-order chi connectivity index (χ0) is 50.2. The minimum Gasteiger partial charge on any atom is -0.505 e. The van der Waals surface area contributed by atoms with E-state index in [9.17, 15) is 48.6 Å². The van der Waals surface area contributed by atoms with Crippen LogP contribution >= 0.6 is 11.8 Å². The zero-order valence-corrected chi connectivity index (χ0v) is 40.0. The van der Waals surface area contributed by atoms with Gasteiger partial charge in [0.25, 0.3) is 5.91 Å². The molecule has 4 heterocycles. The van der Waals surface area contributed by atoms with Gasteiger partial charge >= 0.3 is 11.9 Å². The lowest BCUT2D eigenvalue weighted by molar-refractivity contribution is -0.157. The van der Waals surface area contributed by atoms with Crippen molar-refractivity contribution in [2.45, 2.75) is 108 Å². The third kappa shape index (κ3) is 12.1. The number of ketones is 1. The van der Waals surface area contributed by atoms with Crippen molar-refractivity contribution >= 4 is 64.9 Å². The fraction of sp³-hybridized carbons (Fsp3) is 0.469. The number of rotatable bonds is 11. The molecule has 3 aromatic rings. The number of thioether (sulfide) groups is 1. The lowest BCUT2D eigenvalue weighted by Crippen LogP contribution is -2.65. The van der Waals surface area contributed by atoms with Crippen LogP contribution in [0.5, 0.6) is 5.75 Å². The summed E-state index contributed by atoms with van der Waals surface area (Å²) in [7, 11) is 1.45. The standard InChI is InChI=1S/C49H59N7O12S/c1-6-49(4)48(67)55-22-11-14-33(55)45(64)54(5)35(24-30-18-16-28(2)17-19-30)46(65)56-26-32(27-69-23-20-38(59)60)37(58)25-34(56)42(61)52-40(31-12-8-7-9-13-31)47(66)68-29(3)39(44(63)53-49)51-43(62)41-36(57)15-10-21-50-41/h7-10,12-13,15-19,21,29,32-35,39-40,57H,6,11,14,20,22-27H2,1-5H3,(H,51,62)(H,52,61)(H,53,63)(H,59,60)/t29-,32?,33+,34+,35+,39+,40+,49?/m1/s1. The van der Waals surface area contributed by atoms with Crippen LogP contribution in [0.4, 0.5) is 0 Å². The third-order valence-electron chi connectivity index (χ3n) is 13.0. The lowest BCUT2D eigenvalue weighted by Gasteiger charge is -2.42. The molecule has 0 bridgehead atoms. The number of esters is 1. The number of amides is 6. The number of aryl methyl sites for hydroxylation is 1. The number of carbonyl (C=O) groups excluding carboxylic acids is 8. The Kier molecular flexibility index (Phi) is 16.8. The molecule has 2 unspecified atom stereocenters. The minimum atomic E-state index is -1.74. The second kappa shape index (κ2) is 22.5. The molecule has 3 aliphatic heterocycles. The van der Waals surface area contributed by atoms with Gasteiger partial charge in [-0.1, -0.05) is 67.1 Å². The first-order chi connectivity index (χ1) is 32.8. The van der Waals surface area contributed by atoms with Gasteiger partial charge in [-0.2, -0.15) is 11.8 Å². The number of hydrogen-bond donors (Lipinski definition) is 5. The molecule has 6 amide bonds. The zero-order valence-electron chi connectivity index (χ0n) is 39.2. The van der Waals surface area contributed by atoms with Crippen LogP contribution in [-0.4, -0.2) is 151 Å². The Balaban J connectivity index is 1.47. The van der Waals surface area contributed by atoms with Crippen LogP contribution < -0.4 is 16.0 Å². The molecule has 0 aliphatic carbocycles. The van der Waals surface area contributed by atoms with E-state index >= 15 is 4.79 Å². The number of Topliss-reactive ketones (excluding diaryl/α,β-unsaturated/α-hetero) is 1. The second-order valence-corrected chi connectivity index (χ2v) is 19.0. The highest BCUT2D eigenvalue weighted by molar-refractivity contribution is 7.99. The first-order valence-electron chi connectivity index (χ1n) is 22.9. The number of benzene rings is 2. The summed E-state index contributed by atoms with van der Waals surface area (Å²) in [4.78, 5) is 136. The van der Waals surface area contributed by atoms with Crippen molar-refractivity contribution in [2.24, 2.45) is 5.92 Å². The van der Waals surface area contributed by atoms with Crippen molar-refractivity contribution < 1.29 is 58.1 Å². The Bertz CT molecular complexity index is 2440. The van der Waals surface area contributed by atoms with E-state index in [2.05, 4.69) is 20.9 Å². The molecule has 3 aliphatic rings.